The Hall–Kier alpha value is -2.63. The third kappa shape index (κ3) is 56.2. The lowest BCUT2D eigenvalue weighted by atomic mass is 10.0. The van der Waals surface area contributed by atoms with Crippen LogP contribution in [0.1, 0.15) is 316 Å². The molecular weight excluding hydrogens is 853 g/mol. The molecule has 0 radical (unpaired) electrons. The van der Waals surface area contributed by atoms with Crippen molar-refractivity contribution in [3.63, 3.8) is 0 Å². The fourth-order valence-corrected chi connectivity index (χ4v) is 8.85. The Morgan fingerprint density at radius 2 is 0.565 bits per heavy atom. The molecule has 0 aromatic heterocycles. The van der Waals surface area contributed by atoms with E-state index >= 15 is 0 Å². The van der Waals surface area contributed by atoms with Crippen LogP contribution < -0.4 is 0 Å². The van der Waals surface area contributed by atoms with Crippen LogP contribution >= 0.6 is 0 Å². The molecule has 0 amide bonds. The zero-order valence-electron chi connectivity index (χ0n) is 46.1. The van der Waals surface area contributed by atoms with Gasteiger partial charge in [0, 0.05) is 19.3 Å². The van der Waals surface area contributed by atoms with Crippen LogP contribution in [0.5, 0.6) is 0 Å². The highest BCUT2D eigenvalue weighted by Gasteiger charge is 2.19. The Morgan fingerprint density at radius 3 is 0.884 bits per heavy atom. The molecule has 0 aliphatic carbocycles. The highest BCUT2D eigenvalue weighted by molar-refractivity contribution is 5.71. The van der Waals surface area contributed by atoms with Gasteiger partial charge in [0.05, 0.1) is 0 Å². The maximum absolute atomic E-state index is 12.8. The molecule has 6 nitrogen and oxygen atoms in total. The summed E-state index contributed by atoms with van der Waals surface area (Å²) in [6.07, 6.45) is 71.6. The summed E-state index contributed by atoms with van der Waals surface area (Å²) >= 11 is 0. The number of hydrogen-bond donors (Lipinski definition) is 0. The second-order valence-electron chi connectivity index (χ2n) is 20.2. The van der Waals surface area contributed by atoms with Crippen molar-refractivity contribution in [1.82, 2.24) is 0 Å². The van der Waals surface area contributed by atoms with E-state index in [1.54, 1.807) is 0 Å². The summed E-state index contributed by atoms with van der Waals surface area (Å²) in [6.45, 7) is 6.48. The molecule has 6 heteroatoms. The Bertz CT molecular complexity index is 1200. The van der Waals surface area contributed by atoms with Gasteiger partial charge in [0.2, 0.25) is 0 Å². The molecule has 0 rings (SSSR count). The van der Waals surface area contributed by atoms with E-state index in [0.717, 1.165) is 96.3 Å². The smallest absolute Gasteiger partial charge is 0.306 e. The number of esters is 3. The van der Waals surface area contributed by atoms with Gasteiger partial charge in [0.15, 0.2) is 6.10 Å². The summed E-state index contributed by atoms with van der Waals surface area (Å²) in [7, 11) is 0. The lowest BCUT2D eigenvalue weighted by Crippen LogP contribution is -2.30. The monoisotopic (exact) mass is 967 g/mol. The minimum Gasteiger partial charge on any atom is -0.462 e. The van der Waals surface area contributed by atoms with Gasteiger partial charge in [-0.15, -0.1) is 0 Å². The molecule has 0 spiro atoms. The predicted octanol–water partition coefficient (Wildman–Crippen LogP) is 20.2. The first-order chi connectivity index (χ1) is 34.0. The van der Waals surface area contributed by atoms with Crippen LogP contribution in [0.25, 0.3) is 0 Å². The Labute approximate surface area is 428 Å². The average Bonchev–Trinajstić information content (AvgIpc) is 3.35. The molecule has 0 bridgehead atoms. The molecule has 0 saturated heterocycles. The Kier molecular flexibility index (Phi) is 55.7. The van der Waals surface area contributed by atoms with E-state index in [0.29, 0.717) is 19.3 Å². The Balaban J connectivity index is 4.03. The van der Waals surface area contributed by atoms with Crippen LogP contribution in [0.15, 0.2) is 48.6 Å². The van der Waals surface area contributed by atoms with E-state index < -0.39 is 6.10 Å². The van der Waals surface area contributed by atoms with Gasteiger partial charge in [0.1, 0.15) is 13.2 Å². The first-order valence-electron chi connectivity index (χ1n) is 30.1. The SMILES string of the molecule is CC/C=C\C/C=C\C/C=C\C/C=C\CCCCCCCCCCC(=O)OC(COC(=O)CCCCCCC)COC(=O)CCCCCCCCCCCCCCCCCCCCCCCCCCC. The van der Waals surface area contributed by atoms with Gasteiger partial charge < -0.3 is 14.2 Å². The molecule has 69 heavy (non-hydrogen) atoms. The molecule has 0 N–H and O–H groups in total. The van der Waals surface area contributed by atoms with E-state index in [4.69, 9.17) is 14.2 Å². The topological polar surface area (TPSA) is 78.9 Å². The second kappa shape index (κ2) is 57.9. The average molecular weight is 968 g/mol. The first-order valence-corrected chi connectivity index (χ1v) is 30.1. The van der Waals surface area contributed by atoms with Crippen molar-refractivity contribution in [2.24, 2.45) is 0 Å². The number of carbonyl (C=O) groups excluding carboxylic acids is 3. The molecule has 0 aromatic carbocycles. The third-order valence-corrected chi connectivity index (χ3v) is 13.3. The van der Waals surface area contributed by atoms with Crippen molar-refractivity contribution >= 4 is 17.9 Å². The zero-order chi connectivity index (χ0) is 50.0. The van der Waals surface area contributed by atoms with Crippen LogP contribution in [-0.4, -0.2) is 37.2 Å². The molecule has 1 atom stereocenters. The molecule has 0 fully saturated rings. The van der Waals surface area contributed by atoms with E-state index in [9.17, 15) is 14.4 Å². The van der Waals surface area contributed by atoms with E-state index in [2.05, 4.69) is 69.4 Å². The number of unbranched alkanes of at least 4 members (excludes halogenated alkanes) is 36. The number of ether oxygens (including phenoxy) is 3. The summed E-state index contributed by atoms with van der Waals surface area (Å²) in [4.78, 5) is 37.8. The van der Waals surface area contributed by atoms with Crippen LogP contribution in [-0.2, 0) is 28.6 Å². The molecular formula is C63H114O6. The van der Waals surface area contributed by atoms with Gasteiger partial charge in [-0.05, 0) is 57.8 Å². The van der Waals surface area contributed by atoms with Crippen molar-refractivity contribution in [2.75, 3.05) is 13.2 Å². The van der Waals surface area contributed by atoms with Crippen molar-refractivity contribution < 1.29 is 28.6 Å². The minimum atomic E-state index is -0.772. The second-order valence-corrected chi connectivity index (χ2v) is 20.2. The van der Waals surface area contributed by atoms with Gasteiger partial charge in [-0.1, -0.05) is 288 Å². The van der Waals surface area contributed by atoms with E-state index in [-0.39, 0.29) is 31.1 Å². The van der Waals surface area contributed by atoms with Crippen LogP contribution in [0.3, 0.4) is 0 Å². The van der Waals surface area contributed by atoms with Gasteiger partial charge in [-0.25, -0.2) is 0 Å². The van der Waals surface area contributed by atoms with Gasteiger partial charge >= 0.3 is 17.9 Å². The molecule has 0 aromatic rings. The van der Waals surface area contributed by atoms with Crippen LogP contribution in [0.4, 0.5) is 0 Å². The Morgan fingerprint density at radius 1 is 0.304 bits per heavy atom. The van der Waals surface area contributed by atoms with Crippen LogP contribution in [0, 0.1) is 0 Å². The fourth-order valence-electron chi connectivity index (χ4n) is 8.85. The minimum absolute atomic E-state index is 0.0733. The highest BCUT2D eigenvalue weighted by Crippen LogP contribution is 2.17. The van der Waals surface area contributed by atoms with Crippen molar-refractivity contribution in [3.05, 3.63) is 48.6 Å². The predicted molar refractivity (Wildman–Crippen MR) is 298 cm³/mol. The number of allylic oxidation sites excluding steroid dienone is 8. The lowest BCUT2D eigenvalue weighted by Gasteiger charge is -2.18. The summed E-state index contributed by atoms with van der Waals surface area (Å²) in [5.74, 6) is -0.881. The molecule has 0 aliphatic heterocycles. The number of carbonyl (C=O) groups is 3. The van der Waals surface area contributed by atoms with Gasteiger partial charge in [-0.3, -0.25) is 14.4 Å². The number of rotatable bonds is 55. The maximum atomic E-state index is 12.8. The van der Waals surface area contributed by atoms with Crippen molar-refractivity contribution in [3.8, 4) is 0 Å². The largest absolute Gasteiger partial charge is 0.462 e. The van der Waals surface area contributed by atoms with Gasteiger partial charge in [-0.2, -0.15) is 0 Å². The van der Waals surface area contributed by atoms with E-state index in [1.807, 2.05) is 0 Å². The van der Waals surface area contributed by atoms with Crippen molar-refractivity contribution in [2.45, 2.75) is 322 Å². The number of hydrogen-bond acceptors (Lipinski definition) is 6. The summed E-state index contributed by atoms with van der Waals surface area (Å²) in [5, 5.41) is 0. The lowest BCUT2D eigenvalue weighted by molar-refractivity contribution is -0.167. The first kappa shape index (κ1) is 66.4. The molecule has 0 aliphatic rings. The quantitative estimate of drug-likeness (QED) is 0.0262. The van der Waals surface area contributed by atoms with Crippen LogP contribution in [0.2, 0.25) is 0 Å². The molecule has 1 unspecified atom stereocenters. The maximum Gasteiger partial charge on any atom is 0.306 e. The zero-order valence-corrected chi connectivity index (χ0v) is 46.1. The fraction of sp³-hybridized carbons (Fsp3) is 0.825. The molecule has 0 heterocycles. The summed E-state index contributed by atoms with van der Waals surface area (Å²) < 4.78 is 16.7. The van der Waals surface area contributed by atoms with E-state index in [1.165, 1.54) is 180 Å². The van der Waals surface area contributed by atoms with Crippen molar-refractivity contribution in [1.29, 1.82) is 0 Å². The summed E-state index contributed by atoms with van der Waals surface area (Å²) in [5.41, 5.74) is 0. The molecule has 402 valence electrons. The highest BCUT2D eigenvalue weighted by atomic mass is 16.6. The summed E-state index contributed by atoms with van der Waals surface area (Å²) in [6, 6.07) is 0. The van der Waals surface area contributed by atoms with Gasteiger partial charge in [0.25, 0.3) is 0 Å². The molecule has 0 saturated carbocycles. The third-order valence-electron chi connectivity index (χ3n) is 13.3. The standard InChI is InChI=1S/C63H114O6/c1-4-7-10-13-15-17-19-21-23-25-27-29-30-31-32-34-35-37-39-41-43-45-47-50-53-56-62(65)68-59-60(58-67-61(64)55-52-49-12-9-6-3)69-63(66)57-54-51-48-46-44-42-40-38-36-33-28-26-24-22-20-18-16-14-11-8-5-2/h8,11,16,18,22,24,28,33,60H,4-7,9-10,12-15,17,19-21,23,25-27,29-32,34-59H2,1-3H3/b11-8-,18-16-,24-22-,33-28-. The normalized spacial score (nSPS) is 12.3.